The van der Waals surface area contributed by atoms with Crippen LogP contribution in [0.5, 0.6) is 0 Å². The van der Waals surface area contributed by atoms with Crippen molar-refractivity contribution in [3.8, 4) is 0 Å². The van der Waals surface area contributed by atoms with Crippen molar-refractivity contribution in [3.63, 3.8) is 0 Å². The molecule has 10 heteroatoms. The molecular weight excluding hydrogens is 498 g/mol. The number of hydrogen-bond acceptors (Lipinski definition) is 5. The molecule has 3 amide bonds. The van der Waals surface area contributed by atoms with Gasteiger partial charge in [-0.25, -0.2) is 12.7 Å². The van der Waals surface area contributed by atoms with Crippen molar-refractivity contribution in [2.75, 3.05) is 6.54 Å². The van der Waals surface area contributed by atoms with Gasteiger partial charge in [-0.3, -0.25) is 14.4 Å². The molecule has 3 rings (SSSR count). The van der Waals surface area contributed by atoms with Crippen LogP contribution < -0.4 is 5.32 Å². The fourth-order valence-electron chi connectivity index (χ4n) is 3.42. The lowest BCUT2D eigenvalue weighted by atomic mass is 10.1. The highest BCUT2D eigenvalue weighted by molar-refractivity contribution is 9.10. The van der Waals surface area contributed by atoms with E-state index in [1.807, 2.05) is 6.07 Å². The predicted octanol–water partition coefficient (Wildman–Crippen LogP) is 2.54. The Morgan fingerprint density at radius 2 is 1.78 bits per heavy atom. The van der Waals surface area contributed by atoms with Gasteiger partial charge in [-0.2, -0.15) is 0 Å². The second kappa shape index (κ2) is 9.41. The smallest absolute Gasteiger partial charge is 0.269 e. The first-order valence-corrected chi connectivity index (χ1v) is 12.3. The van der Waals surface area contributed by atoms with Gasteiger partial charge in [0, 0.05) is 17.1 Å². The minimum Gasteiger partial charge on any atom is -0.352 e. The first-order valence-electron chi connectivity index (χ1n) is 10.0. The van der Waals surface area contributed by atoms with Gasteiger partial charge in [-0.1, -0.05) is 40.2 Å². The number of benzene rings is 2. The molecule has 2 aromatic carbocycles. The van der Waals surface area contributed by atoms with E-state index in [1.54, 1.807) is 45.0 Å². The normalized spacial score (nSPS) is 15.4. The minimum atomic E-state index is -4.14. The third-order valence-corrected chi connectivity index (χ3v) is 7.31. The monoisotopic (exact) mass is 521 g/mol. The van der Waals surface area contributed by atoms with Gasteiger partial charge < -0.3 is 10.2 Å². The van der Waals surface area contributed by atoms with Crippen molar-refractivity contribution in [2.24, 2.45) is 0 Å². The second-order valence-corrected chi connectivity index (χ2v) is 10.6. The molecule has 1 unspecified atom stereocenters. The average Bonchev–Trinajstić information content (AvgIpc) is 2.92. The summed E-state index contributed by atoms with van der Waals surface area (Å²) in [6.45, 7) is 4.56. The summed E-state index contributed by atoms with van der Waals surface area (Å²) in [7, 11) is -4.14. The molecule has 1 heterocycles. The number of carbonyl (C=O) groups excluding carboxylic acids is 3. The van der Waals surface area contributed by atoms with E-state index >= 15 is 0 Å². The number of sulfonamides is 1. The Bertz CT molecular complexity index is 1170. The average molecular weight is 522 g/mol. The maximum atomic E-state index is 13.3. The maximum Gasteiger partial charge on any atom is 0.269 e. The Balaban J connectivity index is 1.90. The first kappa shape index (κ1) is 23.9. The van der Waals surface area contributed by atoms with E-state index in [-0.39, 0.29) is 29.0 Å². The van der Waals surface area contributed by atoms with Gasteiger partial charge in [-0.15, -0.1) is 0 Å². The van der Waals surface area contributed by atoms with Crippen molar-refractivity contribution < 1.29 is 22.8 Å². The summed E-state index contributed by atoms with van der Waals surface area (Å²) in [5, 5.41) is 2.77. The molecule has 2 aromatic rings. The van der Waals surface area contributed by atoms with Crippen LogP contribution in [0.2, 0.25) is 0 Å². The highest BCUT2D eigenvalue weighted by Gasteiger charge is 2.43. The zero-order valence-corrected chi connectivity index (χ0v) is 20.3. The first-order chi connectivity index (χ1) is 15.0. The Morgan fingerprint density at radius 1 is 1.09 bits per heavy atom. The van der Waals surface area contributed by atoms with E-state index < -0.39 is 34.4 Å². The zero-order chi connectivity index (χ0) is 23.6. The minimum absolute atomic E-state index is 0.0319. The SMILES string of the molecule is CC(C)NC(=O)C(C)N(Cc1cccc(Br)c1)C(=O)CN1C(=O)c2ccccc2S1(=O)=O. The van der Waals surface area contributed by atoms with Gasteiger partial charge >= 0.3 is 0 Å². The summed E-state index contributed by atoms with van der Waals surface area (Å²) in [6.07, 6.45) is 0. The second-order valence-electron chi connectivity index (χ2n) is 7.80. The molecule has 1 aliphatic rings. The van der Waals surface area contributed by atoms with Crippen LogP contribution in [0.15, 0.2) is 57.9 Å². The Hall–Kier alpha value is -2.72. The molecule has 32 heavy (non-hydrogen) atoms. The number of carbonyl (C=O) groups is 3. The van der Waals surface area contributed by atoms with Crippen molar-refractivity contribution in [1.29, 1.82) is 0 Å². The van der Waals surface area contributed by atoms with Crippen molar-refractivity contribution in [1.82, 2.24) is 14.5 Å². The summed E-state index contributed by atoms with van der Waals surface area (Å²) in [4.78, 5) is 39.8. The number of nitrogens with zero attached hydrogens (tertiary/aromatic N) is 2. The summed E-state index contributed by atoms with van der Waals surface area (Å²) in [6, 6.07) is 12.1. The topological polar surface area (TPSA) is 104 Å². The third-order valence-electron chi connectivity index (χ3n) is 5.03. The molecule has 1 atom stereocenters. The molecule has 0 radical (unpaired) electrons. The number of amides is 3. The molecule has 0 spiro atoms. The summed E-state index contributed by atoms with van der Waals surface area (Å²) < 4.78 is 27.1. The van der Waals surface area contributed by atoms with Gasteiger partial charge in [0.25, 0.3) is 15.9 Å². The van der Waals surface area contributed by atoms with Crippen LogP contribution in [-0.2, 0) is 26.2 Å². The molecule has 0 fully saturated rings. The van der Waals surface area contributed by atoms with Crippen LogP contribution in [0.3, 0.4) is 0 Å². The van der Waals surface area contributed by atoms with Gasteiger partial charge in [0.05, 0.1) is 5.56 Å². The molecule has 0 saturated carbocycles. The van der Waals surface area contributed by atoms with Crippen molar-refractivity contribution in [3.05, 3.63) is 64.1 Å². The van der Waals surface area contributed by atoms with Crippen LogP contribution in [0, 0.1) is 0 Å². The number of nitrogens with one attached hydrogen (secondary N) is 1. The largest absolute Gasteiger partial charge is 0.352 e. The molecule has 0 saturated heterocycles. The Morgan fingerprint density at radius 3 is 2.41 bits per heavy atom. The van der Waals surface area contributed by atoms with Crippen LogP contribution in [0.25, 0.3) is 0 Å². The Kier molecular flexibility index (Phi) is 7.04. The lowest BCUT2D eigenvalue weighted by Gasteiger charge is -2.30. The molecule has 170 valence electrons. The number of fused-ring (bicyclic) bond motifs is 1. The fraction of sp³-hybridized carbons (Fsp3) is 0.318. The van der Waals surface area contributed by atoms with Crippen molar-refractivity contribution in [2.45, 2.75) is 44.3 Å². The lowest BCUT2D eigenvalue weighted by molar-refractivity contribution is -0.140. The number of hydrogen-bond donors (Lipinski definition) is 1. The van der Waals surface area contributed by atoms with Crippen LogP contribution in [0.1, 0.15) is 36.7 Å². The molecule has 8 nitrogen and oxygen atoms in total. The van der Waals surface area contributed by atoms with Crippen LogP contribution in [-0.4, -0.2) is 54.0 Å². The molecule has 1 N–H and O–H groups in total. The van der Waals surface area contributed by atoms with Crippen LogP contribution in [0.4, 0.5) is 0 Å². The van der Waals surface area contributed by atoms with E-state index in [9.17, 15) is 22.8 Å². The lowest BCUT2D eigenvalue weighted by Crippen LogP contribution is -2.52. The summed E-state index contributed by atoms with van der Waals surface area (Å²) >= 11 is 3.38. The highest BCUT2D eigenvalue weighted by Crippen LogP contribution is 2.30. The zero-order valence-electron chi connectivity index (χ0n) is 17.9. The maximum absolute atomic E-state index is 13.3. The van der Waals surface area contributed by atoms with Gasteiger partial charge in [0.15, 0.2) is 0 Å². The number of rotatable bonds is 7. The highest BCUT2D eigenvalue weighted by atomic mass is 79.9. The molecular formula is C22H24BrN3O5S. The standard InChI is InChI=1S/C22H24BrN3O5S/c1-14(2)24-21(28)15(3)25(12-16-7-6-8-17(23)11-16)20(27)13-26-22(29)18-9-4-5-10-19(18)32(26,30)31/h4-11,14-15H,12-13H2,1-3H3,(H,24,28). The molecule has 0 aromatic heterocycles. The summed E-state index contributed by atoms with van der Waals surface area (Å²) in [5.74, 6) is -1.78. The van der Waals surface area contributed by atoms with Crippen molar-refractivity contribution >= 4 is 43.7 Å². The van der Waals surface area contributed by atoms with E-state index in [4.69, 9.17) is 0 Å². The summed E-state index contributed by atoms with van der Waals surface area (Å²) in [5.41, 5.74) is 0.778. The quantitative estimate of drug-likeness (QED) is 0.602. The van der Waals surface area contributed by atoms with E-state index in [0.717, 1.165) is 10.0 Å². The van der Waals surface area contributed by atoms with E-state index in [2.05, 4.69) is 21.2 Å². The van der Waals surface area contributed by atoms with E-state index in [0.29, 0.717) is 4.31 Å². The predicted molar refractivity (Wildman–Crippen MR) is 122 cm³/mol. The third kappa shape index (κ3) is 4.86. The Labute approximate surface area is 195 Å². The van der Waals surface area contributed by atoms with Gasteiger partial charge in [0.2, 0.25) is 11.8 Å². The molecule has 0 aliphatic carbocycles. The fourth-order valence-corrected chi connectivity index (χ4v) is 5.39. The van der Waals surface area contributed by atoms with Crippen LogP contribution >= 0.6 is 15.9 Å². The molecule has 0 bridgehead atoms. The van der Waals surface area contributed by atoms with Gasteiger partial charge in [-0.05, 0) is 50.6 Å². The van der Waals surface area contributed by atoms with E-state index in [1.165, 1.54) is 23.1 Å². The van der Waals surface area contributed by atoms with Gasteiger partial charge in [0.1, 0.15) is 17.5 Å². The number of halogens is 1. The molecule has 1 aliphatic heterocycles.